The number of pyridine rings is 3. The molecule has 0 atom stereocenters. The molecule has 2 N–H and O–H groups in total. The van der Waals surface area contributed by atoms with Crippen LogP contribution in [-0.2, 0) is 6.54 Å². The van der Waals surface area contributed by atoms with Crippen LogP contribution in [0.3, 0.4) is 0 Å². The normalized spacial score (nSPS) is 15.7. The summed E-state index contributed by atoms with van der Waals surface area (Å²) >= 11 is 12.8. The first-order chi connectivity index (χ1) is 25.7. The summed E-state index contributed by atoms with van der Waals surface area (Å²) in [5, 5.41) is 7.09. The van der Waals surface area contributed by atoms with Crippen molar-refractivity contribution >= 4 is 40.8 Å². The first kappa shape index (κ1) is 36.5. The van der Waals surface area contributed by atoms with E-state index in [0.717, 1.165) is 73.6 Å². The number of rotatable bonds is 9. The number of likely N-dealkylation sites (tertiary alicyclic amines) is 1. The van der Waals surface area contributed by atoms with Gasteiger partial charge in [0.25, 0.3) is 11.8 Å². The average molecular weight is 753 g/mol. The van der Waals surface area contributed by atoms with E-state index in [1.54, 1.807) is 48.9 Å². The number of nitrogens with zero attached hydrogens (tertiary/aromatic N) is 5. The fraction of sp³-hybridized carbons (Fsp3) is 0.293. The van der Waals surface area contributed by atoms with Crippen LogP contribution in [0.1, 0.15) is 57.5 Å². The maximum atomic E-state index is 15.5. The lowest BCUT2D eigenvalue weighted by Gasteiger charge is -2.34. The van der Waals surface area contributed by atoms with Crippen LogP contribution in [0.5, 0.6) is 0 Å². The van der Waals surface area contributed by atoms with Gasteiger partial charge in [0.15, 0.2) is 0 Å². The zero-order chi connectivity index (χ0) is 36.9. The fourth-order valence-electron chi connectivity index (χ4n) is 7.26. The van der Waals surface area contributed by atoms with Crippen LogP contribution in [0.25, 0.3) is 22.3 Å². The molecule has 0 saturated carbocycles. The van der Waals surface area contributed by atoms with Gasteiger partial charge in [0, 0.05) is 109 Å². The zero-order valence-corrected chi connectivity index (χ0v) is 30.9. The molecule has 0 spiro atoms. The van der Waals surface area contributed by atoms with Gasteiger partial charge in [0.1, 0.15) is 11.6 Å². The van der Waals surface area contributed by atoms with E-state index in [0.29, 0.717) is 29.0 Å². The summed E-state index contributed by atoms with van der Waals surface area (Å²) in [5.41, 5.74) is 4.97. The number of carbonyl (C=O) groups excluding carboxylic acids is 2. The summed E-state index contributed by atoms with van der Waals surface area (Å²) in [6.45, 7) is 5.91. The molecule has 12 heteroatoms. The van der Waals surface area contributed by atoms with Gasteiger partial charge in [-0.05, 0) is 86.2 Å². The van der Waals surface area contributed by atoms with Crippen LogP contribution < -0.4 is 15.5 Å². The summed E-state index contributed by atoms with van der Waals surface area (Å²) in [6.07, 6.45) is 11.7. The highest BCUT2D eigenvalue weighted by atomic mass is 35.5. The van der Waals surface area contributed by atoms with Gasteiger partial charge in [-0.3, -0.25) is 24.5 Å². The Balaban J connectivity index is 0.870. The van der Waals surface area contributed by atoms with Crippen molar-refractivity contribution in [2.24, 2.45) is 0 Å². The molecule has 2 saturated heterocycles. The molecule has 2 fully saturated rings. The third-order valence-electron chi connectivity index (χ3n) is 10.2. The van der Waals surface area contributed by atoms with Crippen LogP contribution in [0.2, 0.25) is 10.0 Å². The Kier molecular flexibility index (Phi) is 11.3. The second kappa shape index (κ2) is 16.4. The molecule has 272 valence electrons. The Morgan fingerprint density at radius 2 is 1.30 bits per heavy atom. The predicted octanol–water partition coefficient (Wildman–Crippen LogP) is 7.75. The van der Waals surface area contributed by atoms with Gasteiger partial charge in [-0.2, -0.15) is 0 Å². The highest BCUT2D eigenvalue weighted by molar-refractivity contribution is 6.34. The second-order valence-electron chi connectivity index (χ2n) is 13.6. The van der Waals surface area contributed by atoms with Gasteiger partial charge in [-0.25, -0.2) is 9.37 Å². The SMILES string of the molecule is Cc1c(C(=O)NC2CCN(Cc3ccc(N4CCC(NC(=O)c5ccc(Cl)c(-c6cccnc6)c5F)CC4)nc3)CC2)ccc(Cl)c1-c1cccnc1. The number of aromatic nitrogens is 3. The molecule has 53 heavy (non-hydrogen) atoms. The van der Waals surface area contributed by atoms with Crippen LogP contribution in [0.4, 0.5) is 10.2 Å². The summed E-state index contributed by atoms with van der Waals surface area (Å²) in [6, 6.07) is 18.0. The number of nitrogens with one attached hydrogen (secondary N) is 2. The van der Waals surface area contributed by atoms with E-state index < -0.39 is 11.7 Å². The summed E-state index contributed by atoms with van der Waals surface area (Å²) in [5.74, 6) is -0.293. The monoisotopic (exact) mass is 751 g/mol. The van der Waals surface area contributed by atoms with Crippen LogP contribution in [-0.4, -0.2) is 69.9 Å². The van der Waals surface area contributed by atoms with E-state index in [1.165, 1.54) is 12.3 Å². The molecule has 9 nitrogen and oxygen atoms in total. The average Bonchev–Trinajstić information content (AvgIpc) is 3.17. The molecule has 0 unspecified atom stereocenters. The number of carbonyl (C=O) groups is 2. The standard InChI is InChI=1S/C41H40Cl2FN7O2/c1-26-32(7-9-34(42)37(26)28-4-2-16-45-23-28)40(52)48-30-12-18-50(19-13-30)25-27-6-11-36(47-22-27)51-20-14-31(15-21-51)49-41(53)33-8-10-35(43)38(39(33)44)29-5-3-17-46-24-29/h2-11,16-17,22-24,30-31H,12-15,18-21,25H2,1H3,(H,48,52)(H,49,53). The van der Waals surface area contributed by atoms with E-state index in [2.05, 4.69) is 42.5 Å². The summed E-state index contributed by atoms with van der Waals surface area (Å²) < 4.78 is 15.5. The molecule has 0 aliphatic carbocycles. The smallest absolute Gasteiger partial charge is 0.254 e. The highest BCUT2D eigenvalue weighted by Gasteiger charge is 2.26. The lowest BCUT2D eigenvalue weighted by Crippen LogP contribution is -2.45. The van der Waals surface area contributed by atoms with Crippen molar-refractivity contribution < 1.29 is 14.0 Å². The number of hydrogen-bond donors (Lipinski definition) is 2. The van der Waals surface area contributed by atoms with Crippen molar-refractivity contribution in [1.82, 2.24) is 30.5 Å². The minimum absolute atomic E-state index is 0.0364. The number of hydrogen-bond acceptors (Lipinski definition) is 7. The van der Waals surface area contributed by atoms with Crippen molar-refractivity contribution in [2.75, 3.05) is 31.1 Å². The molecule has 3 aromatic heterocycles. The highest BCUT2D eigenvalue weighted by Crippen LogP contribution is 2.34. The topological polar surface area (TPSA) is 103 Å². The van der Waals surface area contributed by atoms with Gasteiger partial charge in [-0.15, -0.1) is 0 Å². The van der Waals surface area contributed by atoms with Crippen molar-refractivity contribution in [1.29, 1.82) is 0 Å². The van der Waals surface area contributed by atoms with Gasteiger partial charge in [-0.1, -0.05) is 41.4 Å². The number of amides is 2. The van der Waals surface area contributed by atoms with Crippen molar-refractivity contribution in [3.8, 4) is 22.3 Å². The first-order valence-corrected chi connectivity index (χ1v) is 18.6. The van der Waals surface area contributed by atoms with E-state index in [9.17, 15) is 9.59 Å². The minimum atomic E-state index is -0.652. The molecule has 2 aliphatic rings. The fourth-order valence-corrected chi connectivity index (χ4v) is 7.83. The van der Waals surface area contributed by atoms with Gasteiger partial charge < -0.3 is 15.5 Å². The van der Waals surface area contributed by atoms with Crippen LogP contribution in [0, 0.1) is 12.7 Å². The number of halogens is 3. The third kappa shape index (κ3) is 8.35. The molecule has 5 heterocycles. The molecule has 0 radical (unpaired) electrons. The van der Waals surface area contributed by atoms with Crippen molar-refractivity contribution in [2.45, 2.75) is 51.2 Å². The van der Waals surface area contributed by atoms with Crippen LogP contribution in [0.15, 0.2) is 91.6 Å². The Hall–Kier alpha value is -4.90. The maximum Gasteiger partial charge on any atom is 0.254 e. The van der Waals surface area contributed by atoms with Crippen molar-refractivity contribution in [3.05, 3.63) is 130 Å². The molecule has 0 bridgehead atoms. The Labute approximate surface area is 318 Å². The van der Waals surface area contributed by atoms with E-state index in [4.69, 9.17) is 28.2 Å². The largest absolute Gasteiger partial charge is 0.356 e. The number of benzene rings is 2. The molecule has 7 rings (SSSR count). The quantitative estimate of drug-likeness (QED) is 0.159. The second-order valence-corrected chi connectivity index (χ2v) is 14.5. The van der Waals surface area contributed by atoms with Crippen LogP contribution >= 0.6 is 23.2 Å². The summed E-state index contributed by atoms with van der Waals surface area (Å²) in [7, 11) is 0. The Morgan fingerprint density at radius 3 is 1.89 bits per heavy atom. The summed E-state index contributed by atoms with van der Waals surface area (Å²) in [4.78, 5) is 44.1. The maximum absolute atomic E-state index is 15.5. The number of piperidine rings is 2. The van der Waals surface area contributed by atoms with E-state index in [1.807, 2.05) is 25.3 Å². The molecule has 2 aromatic carbocycles. The molecule has 2 amide bonds. The predicted molar refractivity (Wildman–Crippen MR) is 207 cm³/mol. The van der Waals surface area contributed by atoms with Gasteiger partial charge in [0.2, 0.25) is 0 Å². The number of anilines is 1. The zero-order valence-electron chi connectivity index (χ0n) is 29.4. The van der Waals surface area contributed by atoms with Gasteiger partial charge >= 0.3 is 0 Å². The third-order valence-corrected chi connectivity index (χ3v) is 10.8. The molecule has 2 aliphatic heterocycles. The lowest BCUT2D eigenvalue weighted by atomic mass is 9.96. The Morgan fingerprint density at radius 1 is 0.736 bits per heavy atom. The van der Waals surface area contributed by atoms with Gasteiger partial charge in [0.05, 0.1) is 10.6 Å². The van der Waals surface area contributed by atoms with E-state index in [-0.39, 0.29) is 34.1 Å². The molecule has 5 aromatic rings. The molecular weight excluding hydrogens is 712 g/mol. The minimum Gasteiger partial charge on any atom is -0.356 e. The lowest BCUT2D eigenvalue weighted by molar-refractivity contribution is 0.0905. The molecular formula is C41H40Cl2FN7O2. The first-order valence-electron chi connectivity index (χ1n) is 17.9. The van der Waals surface area contributed by atoms with E-state index >= 15 is 4.39 Å². The van der Waals surface area contributed by atoms with Crippen molar-refractivity contribution in [3.63, 3.8) is 0 Å². The Bertz CT molecular complexity index is 2070.